The first-order valence-corrected chi connectivity index (χ1v) is 5.89. The molecule has 3 nitrogen and oxygen atoms in total. The van der Waals surface area contributed by atoms with Crippen molar-refractivity contribution < 1.29 is 5.11 Å². The van der Waals surface area contributed by atoms with Gasteiger partial charge in [-0.2, -0.15) is 0 Å². The quantitative estimate of drug-likeness (QED) is 0.784. The van der Waals surface area contributed by atoms with Gasteiger partial charge >= 0.3 is 0 Å². The monoisotopic (exact) mass is 210 g/mol. The molecule has 0 spiro atoms. The number of hydrogen-bond acceptors (Lipinski definition) is 2. The lowest BCUT2D eigenvalue weighted by Gasteiger charge is -2.18. The molecule has 0 aliphatic carbocycles. The third kappa shape index (κ3) is 3.06. The molecule has 15 heavy (non-hydrogen) atoms. The summed E-state index contributed by atoms with van der Waals surface area (Å²) >= 11 is 0. The van der Waals surface area contributed by atoms with E-state index in [0.717, 1.165) is 31.6 Å². The fourth-order valence-electron chi connectivity index (χ4n) is 1.88. The van der Waals surface area contributed by atoms with Crippen LogP contribution in [-0.4, -0.2) is 14.7 Å². The van der Waals surface area contributed by atoms with Crippen LogP contribution in [0, 0.1) is 5.92 Å². The van der Waals surface area contributed by atoms with Gasteiger partial charge in [-0.1, -0.05) is 27.2 Å². The van der Waals surface area contributed by atoms with Gasteiger partial charge in [0.2, 0.25) is 0 Å². The first-order valence-electron chi connectivity index (χ1n) is 5.89. The number of aromatic nitrogens is 2. The van der Waals surface area contributed by atoms with E-state index in [1.165, 1.54) is 0 Å². The molecule has 0 amide bonds. The van der Waals surface area contributed by atoms with Gasteiger partial charge in [0.15, 0.2) is 0 Å². The molecule has 1 N–H and O–H groups in total. The van der Waals surface area contributed by atoms with Crippen molar-refractivity contribution >= 4 is 0 Å². The molecular formula is C12H22N2O. The Morgan fingerprint density at radius 2 is 2.13 bits per heavy atom. The molecular weight excluding hydrogens is 188 g/mol. The van der Waals surface area contributed by atoms with Crippen molar-refractivity contribution in [2.75, 3.05) is 0 Å². The van der Waals surface area contributed by atoms with Gasteiger partial charge in [0.05, 0.1) is 0 Å². The first kappa shape index (κ1) is 12.2. The number of imidazole rings is 1. The summed E-state index contributed by atoms with van der Waals surface area (Å²) in [5.74, 6) is 1.10. The third-order valence-electron chi connectivity index (χ3n) is 2.76. The van der Waals surface area contributed by atoms with Crippen LogP contribution in [0.15, 0.2) is 12.4 Å². The topological polar surface area (TPSA) is 38.1 Å². The molecule has 0 saturated heterocycles. The third-order valence-corrected chi connectivity index (χ3v) is 2.76. The SMILES string of the molecule is CCCC(C)C(O)c1nccn1CCC. The number of aliphatic hydroxyl groups is 1. The van der Waals surface area contributed by atoms with E-state index in [9.17, 15) is 5.11 Å². The Kier molecular flexibility index (Phi) is 4.82. The normalized spacial score (nSPS) is 15.2. The molecule has 2 unspecified atom stereocenters. The Morgan fingerprint density at radius 3 is 2.73 bits per heavy atom. The van der Waals surface area contributed by atoms with Gasteiger partial charge in [0.1, 0.15) is 11.9 Å². The maximum Gasteiger partial charge on any atom is 0.137 e. The first-order chi connectivity index (χ1) is 7.20. The van der Waals surface area contributed by atoms with Crippen LogP contribution in [0.3, 0.4) is 0 Å². The molecule has 1 rings (SSSR count). The second-order valence-electron chi connectivity index (χ2n) is 4.19. The molecule has 1 aromatic rings. The van der Waals surface area contributed by atoms with Crippen molar-refractivity contribution in [3.05, 3.63) is 18.2 Å². The van der Waals surface area contributed by atoms with Crippen LogP contribution in [0.5, 0.6) is 0 Å². The average molecular weight is 210 g/mol. The van der Waals surface area contributed by atoms with E-state index in [-0.39, 0.29) is 5.92 Å². The van der Waals surface area contributed by atoms with E-state index >= 15 is 0 Å². The fourth-order valence-corrected chi connectivity index (χ4v) is 1.88. The second kappa shape index (κ2) is 5.91. The van der Waals surface area contributed by atoms with Gasteiger partial charge in [-0.05, 0) is 18.8 Å². The highest BCUT2D eigenvalue weighted by molar-refractivity contribution is 4.97. The molecule has 0 bridgehead atoms. The smallest absolute Gasteiger partial charge is 0.137 e. The van der Waals surface area contributed by atoms with Gasteiger partial charge < -0.3 is 9.67 Å². The van der Waals surface area contributed by atoms with E-state index in [1.54, 1.807) is 6.20 Å². The standard InChI is InChI=1S/C12H22N2O/c1-4-6-10(3)11(15)12-13-7-9-14(12)8-5-2/h7,9-11,15H,4-6,8H2,1-3H3. The maximum atomic E-state index is 10.1. The fraction of sp³-hybridized carbons (Fsp3) is 0.750. The largest absolute Gasteiger partial charge is 0.385 e. The Morgan fingerprint density at radius 1 is 1.40 bits per heavy atom. The van der Waals surface area contributed by atoms with Crippen molar-refractivity contribution in [2.24, 2.45) is 5.92 Å². The van der Waals surface area contributed by atoms with Crippen LogP contribution in [0.2, 0.25) is 0 Å². The predicted molar refractivity (Wildman–Crippen MR) is 61.5 cm³/mol. The number of aryl methyl sites for hydroxylation is 1. The van der Waals surface area contributed by atoms with E-state index in [0.29, 0.717) is 0 Å². The highest BCUT2D eigenvalue weighted by Crippen LogP contribution is 2.24. The van der Waals surface area contributed by atoms with Crippen LogP contribution in [0.25, 0.3) is 0 Å². The van der Waals surface area contributed by atoms with Gasteiger partial charge in [-0.15, -0.1) is 0 Å². The minimum absolute atomic E-state index is 0.285. The van der Waals surface area contributed by atoms with E-state index in [2.05, 4.69) is 30.3 Å². The number of aliphatic hydroxyl groups excluding tert-OH is 1. The molecule has 3 heteroatoms. The minimum Gasteiger partial charge on any atom is -0.385 e. The second-order valence-corrected chi connectivity index (χ2v) is 4.19. The molecule has 0 aromatic carbocycles. The summed E-state index contributed by atoms with van der Waals surface area (Å²) in [4.78, 5) is 4.25. The summed E-state index contributed by atoms with van der Waals surface area (Å²) in [6.07, 6.45) is 6.50. The van der Waals surface area contributed by atoms with Crippen LogP contribution in [0.1, 0.15) is 52.0 Å². The summed E-state index contributed by atoms with van der Waals surface area (Å²) in [6.45, 7) is 7.29. The van der Waals surface area contributed by atoms with Gasteiger partial charge in [0, 0.05) is 18.9 Å². The lowest BCUT2D eigenvalue weighted by atomic mass is 9.99. The van der Waals surface area contributed by atoms with E-state index in [4.69, 9.17) is 0 Å². The Balaban J connectivity index is 2.71. The molecule has 0 aliphatic rings. The van der Waals surface area contributed by atoms with Gasteiger partial charge in [-0.25, -0.2) is 4.98 Å². The van der Waals surface area contributed by atoms with E-state index < -0.39 is 6.10 Å². The zero-order valence-electron chi connectivity index (χ0n) is 9.98. The van der Waals surface area contributed by atoms with Gasteiger partial charge in [-0.3, -0.25) is 0 Å². The van der Waals surface area contributed by atoms with Crippen molar-refractivity contribution in [3.63, 3.8) is 0 Å². The molecule has 1 heterocycles. The summed E-state index contributed by atoms with van der Waals surface area (Å²) < 4.78 is 2.05. The molecule has 0 fully saturated rings. The van der Waals surface area contributed by atoms with E-state index in [1.807, 2.05) is 6.20 Å². The Hall–Kier alpha value is -0.830. The van der Waals surface area contributed by atoms with Crippen molar-refractivity contribution in [2.45, 2.75) is 52.7 Å². The molecule has 86 valence electrons. The van der Waals surface area contributed by atoms with Gasteiger partial charge in [0.25, 0.3) is 0 Å². The maximum absolute atomic E-state index is 10.1. The predicted octanol–water partition coefficient (Wildman–Crippen LogP) is 2.76. The lowest BCUT2D eigenvalue weighted by molar-refractivity contribution is 0.0995. The molecule has 0 saturated carbocycles. The van der Waals surface area contributed by atoms with Crippen molar-refractivity contribution in [1.82, 2.24) is 9.55 Å². The highest BCUT2D eigenvalue weighted by Gasteiger charge is 2.19. The van der Waals surface area contributed by atoms with Crippen LogP contribution in [-0.2, 0) is 6.54 Å². The summed E-state index contributed by atoms with van der Waals surface area (Å²) in [5.41, 5.74) is 0. The summed E-state index contributed by atoms with van der Waals surface area (Å²) in [6, 6.07) is 0. The minimum atomic E-state index is -0.425. The molecule has 1 aromatic heterocycles. The summed E-state index contributed by atoms with van der Waals surface area (Å²) in [7, 11) is 0. The zero-order valence-corrected chi connectivity index (χ0v) is 9.98. The highest BCUT2D eigenvalue weighted by atomic mass is 16.3. The Bertz CT molecular complexity index is 283. The van der Waals surface area contributed by atoms with Crippen LogP contribution < -0.4 is 0 Å². The van der Waals surface area contributed by atoms with Crippen LogP contribution in [0.4, 0.5) is 0 Å². The molecule has 0 radical (unpaired) electrons. The molecule has 0 aliphatic heterocycles. The Labute approximate surface area is 92.1 Å². The number of hydrogen-bond donors (Lipinski definition) is 1. The van der Waals surface area contributed by atoms with Crippen molar-refractivity contribution in [1.29, 1.82) is 0 Å². The summed E-state index contributed by atoms with van der Waals surface area (Å²) in [5, 5.41) is 10.1. The van der Waals surface area contributed by atoms with Crippen LogP contribution >= 0.6 is 0 Å². The number of rotatable bonds is 6. The number of nitrogens with zero attached hydrogens (tertiary/aromatic N) is 2. The average Bonchev–Trinajstić information content (AvgIpc) is 2.66. The zero-order chi connectivity index (χ0) is 11.3. The molecule has 2 atom stereocenters. The van der Waals surface area contributed by atoms with Crippen molar-refractivity contribution in [3.8, 4) is 0 Å². The lowest BCUT2D eigenvalue weighted by Crippen LogP contribution is -2.15.